The van der Waals surface area contributed by atoms with Crippen LogP contribution in [0.25, 0.3) is 0 Å². The molecule has 66 valence electrons. The lowest BCUT2D eigenvalue weighted by molar-refractivity contribution is 0.216. The molecule has 1 aromatic rings. The molecule has 0 aliphatic carbocycles. The van der Waals surface area contributed by atoms with Gasteiger partial charge < -0.3 is 9.84 Å². The van der Waals surface area contributed by atoms with E-state index in [1.807, 2.05) is 13.0 Å². The molecular formula is C10H14O2. The van der Waals surface area contributed by atoms with Crippen molar-refractivity contribution in [3.63, 3.8) is 0 Å². The molecule has 0 fully saturated rings. The third-order valence-corrected chi connectivity index (χ3v) is 1.73. The Labute approximate surface area is 72.8 Å². The van der Waals surface area contributed by atoms with Crippen LogP contribution < -0.4 is 4.74 Å². The fraction of sp³-hybridized carbons (Fsp3) is 0.400. The predicted molar refractivity (Wildman–Crippen MR) is 48.5 cm³/mol. The summed E-state index contributed by atoms with van der Waals surface area (Å²) in [6, 6.07) is 6.86. The smallest absolute Gasteiger partial charge is 0.123 e. The van der Waals surface area contributed by atoms with Crippen molar-refractivity contribution in [2.24, 2.45) is 0 Å². The van der Waals surface area contributed by atoms with Gasteiger partial charge in [0.25, 0.3) is 0 Å². The van der Waals surface area contributed by atoms with E-state index >= 15 is 0 Å². The van der Waals surface area contributed by atoms with Gasteiger partial charge in [-0.3, -0.25) is 0 Å². The van der Waals surface area contributed by atoms with E-state index in [0.29, 0.717) is 0 Å². The fourth-order valence-electron chi connectivity index (χ4n) is 0.872. The first-order chi connectivity index (χ1) is 5.72. The molecule has 0 aliphatic heterocycles. The van der Waals surface area contributed by atoms with Gasteiger partial charge >= 0.3 is 0 Å². The molecule has 2 heteroatoms. The summed E-state index contributed by atoms with van der Waals surface area (Å²) >= 11 is 0. The number of phenolic OH excluding ortho intramolecular Hbond substituents is 1. The van der Waals surface area contributed by atoms with Crippen molar-refractivity contribution >= 4 is 0 Å². The van der Waals surface area contributed by atoms with Gasteiger partial charge in [-0.2, -0.15) is 0 Å². The Morgan fingerprint density at radius 1 is 1.50 bits per heavy atom. The van der Waals surface area contributed by atoms with E-state index in [-0.39, 0.29) is 11.9 Å². The minimum atomic E-state index is 0.201. The van der Waals surface area contributed by atoms with Crippen LogP contribution in [0.15, 0.2) is 24.3 Å². The zero-order chi connectivity index (χ0) is 8.97. The van der Waals surface area contributed by atoms with E-state index < -0.39 is 0 Å². The minimum absolute atomic E-state index is 0.201. The summed E-state index contributed by atoms with van der Waals surface area (Å²) in [7, 11) is 0. The highest BCUT2D eigenvalue weighted by Gasteiger charge is 2.00. The molecule has 1 rings (SSSR count). The van der Waals surface area contributed by atoms with Crippen molar-refractivity contribution in [3.8, 4) is 11.5 Å². The monoisotopic (exact) mass is 166 g/mol. The number of aromatic hydroxyl groups is 1. The molecule has 1 N–H and O–H groups in total. The van der Waals surface area contributed by atoms with Crippen molar-refractivity contribution in [2.75, 3.05) is 0 Å². The van der Waals surface area contributed by atoms with Crippen molar-refractivity contribution in [1.82, 2.24) is 0 Å². The second-order valence-corrected chi connectivity index (χ2v) is 2.83. The van der Waals surface area contributed by atoms with Gasteiger partial charge in [0.15, 0.2) is 0 Å². The second-order valence-electron chi connectivity index (χ2n) is 2.83. The number of hydrogen-bond donors (Lipinski definition) is 1. The molecule has 0 unspecified atom stereocenters. The van der Waals surface area contributed by atoms with Crippen molar-refractivity contribution in [2.45, 2.75) is 26.4 Å². The van der Waals surface area contributed by atoms with E-state index in [2.05, 4.69) is 6.92 Å². The Morgan fingerprint density at radius 3 is 2.83 bits per heavy atom. The molecule has 0 aliphatic rings. The molecule has 0 radical (unpaired) electrons. The Kier molecular flexibility index (Phi) is 2.97. The van der Waals surface area contributed by atoms with Gasteiger partial charge in [-0.15, -0.1) is 0 Å². The summed E-state index contributed by atoms with van der Waals surface area (Å²) in [6.07, 6.45) is 1.17. The van der Waals surface area contributed by atoms with Gasteiger partial charge in [0.05, 0.1) is 6.10 Å². The first-order valence-corrected chi connectivity index (χ1v) is 4.18. The van der Waals surface area contributed by atoms with Crippen LogP contribution in [0, 0.1) is 0 Å². The van der Waals surface area contributed by atoms with E-state index in [4.69, 9.17) is 9.84 Å². The Bertz CT molecular complexity index is 245. The van der Waals surface area contributed by atoms with Gasteiger partial charge in [-0.05, 0) is 25.5 Å². The van der Waals surface area contributed by atoms with Crippen molar-refractivity contribution < 1.29 is 9.84 Å². The zero-order valence-electron chi connectivity index (χ0n) is 7.45. The standard InChI is InChI=1S/C10H14O2/c1-3-8(2)12-10-6-4-5-9(11)7-10/h4-8,11H,3H2,1-2H3/t8-/m0/s1. The van der Waals surface area contributed by atoms with Gasteiger partial charge in [-0.1, -0.05) is 13.0 Å². The van der Waals surface area contributed by atoms with Gasteiger partial charge in [0.2, 0.25) is 0 Å². The Hall–Kier alpha value is -1.18. The highest BCUT2D eigenvalue weighted by Crippen LogP contribution is 2.19. The lowest BCUT2D eigenvalue weighted by Gasteiger charge is -2.11. The largest absolute Gasteiger partial charge is 0.508 e. The molecule has 12 heavy (non-hydrogen) atoms. The van der Waals surface area contributed by atoms with Crippen LogP contribution in [0.4, 0.5) is 0 Å². The number of benzene rings is 1. The first-order valence-electron chi connectivity index (χ1n) is 4.18. The highest BCUT2D eigenvalue weighted by atomic mass is 16.5. The molecule has 0 saturated heterocycles. The summed E-state index contributed by atoms with van der Waals surface area (Å²) < 4.78 is 5.48. The second kappa shape index (κ2) is 4.00. The highest BCUT2D eigenvalue weighted by molar-refractivity contribution is 5.31. The SMILES string of the molecule is CC[C@H](C)Oc1cccc(O)c1. The average Bonchev–Trinajstić information content (AvgIpc) is 2.04. The molecule has 1 aromatic carbocycles. The first kappa shape index (κ1) is 8.91. The normalized spacial score (nSPS) is 12.5. The van der Waals surface area contributed by atoms with Gasteiger partial charge in [0.1, 0.15) is 11.5 Å². The zero-order valence-corrected chi connectivity index (χ0v) is 7.45. The summed E-state index contributed by atoms with van der Waals surface area (Å²) in [5, 5.41) is 9.12. The van der Waals surface area contributed by atoms with Crippen molar-refractivity contribution in [1.29, 1.82) is 0 Å². The van der Waals surface area contributed by atoms with Gasteiger partial charge in [0, 0.05) is 6.07 Å². The van der Waals surface area contributed by atoms with E-state index in [0.717, 1.165) is 12.2 Å². The molecule has 0 amide bonds. The fourth-order valence-corrected chi connectivity index (χ4v) is 0.872. The van der Waals surface area contributed by atoms with Crippen molar-refractivity contribution in [3.05, 3.63) is 24.3 Å². The summed E-state index contributed by atoms with van der Waals surface area (Å²) in [5.74, 6) is 0.972. The molecule has 0 aromatic heterocycles. The molecule has 0 bridgehead atoms. The summed E-state index contributed by atoms with van der Waals surface area (Å²) in [6.45, 7) is 4.07. The van der Waals surface area contributed by atoms with E-state index in [1.165, 1.54) is 0 Å². The number of rotatable bonds is 3. The minimum Gasteiger partial charge on any atom is -0.508 e. The van der Waals surface area contributed by atoms with Gasteiger partial charge in [-0.25, -0.2) is 0 Å². The molecule has 0 spiro atoms. The maximum atomic E-state index is 9.12. The summed E-state index contributed by atoms with van der Waals surface area (Å²) in [5.41, 5.74) is 0. The van der Waals surface area contributed by atoms with Crippen LogP contribution >= 0.6 is 0 Å². The predicted octanol–water partition coefficient (Wildman–Crippen LogP) is 2.57. The van der Waals surface area contributed by atoms with E-state index in [1.54, 1.807) is 18.2 Å². The average molecular weight is 166 g/mol. The number of phenols is 1. The quantitative estimate of drug-likeness (QED) is 0.747. The lowest BCUT2D eigenvalue weighted by atomic mass is 10.3. The molecule has 0 heterocycles. The van der Waals surface area contributed by atoms with Crippen LogP contribution in [-0.2, 0) is 0 Å². The van der Waals surface area contributed by atoms with Crippen LogP contribution in [0.1, 0.15) is 20.3 Å². The van der Waals surface area contributed by atoms with Crippen LogP contribution in [0.3, 0.4) is 0 Å². The molecule has 2 nitrogen and oxygen atoms in total. The van der Waals surface area contributed by atoms with Crippen LogP contribution in [0.2, 0.25) is 0 Å². The Balaban J connectivity index is 2.63. The topological polar surface area (TPSA) is 29.5 Å². The molecular weight excluding hydrogens is 152 g/mol. The third kappa shape index (κ3) is 2.46. The molecule has 0 saturated carbocycles. The number of hydrogen-bond acceptors (Lipinski definition) is 2. The van der Waals surface area contributed by atoms with Crippen LogP contribution in [0.5, 0.6) is 11.5 Å². The third-order valence-electron chi connectivity index (χ3n) is 1.73. The van der Waals surface area contributed by atoms with E-state index in [9.17, 15) is 0 Å². The van der Waals surface area contributed by atoms with Crippen LogP contribution in [-0.4, -0.2) is 11.2 Å². The summed E-state index contributed by atoms with van der Waals surface area (Å²) in [4.78, 5) is 0. The Morgan fingerprint density at radius 2 is 2.25 bits per heavy atom. The number of ether oxygens (including phenoxy) is 1. The molecule has 1 atom stereocenters. The lowest BCUT2D eigenvalue weighted by Crippen LogP contribution is -2.09. The maximum absolute atomic E-state index is 9.12. The maximum Gasteiger partial charge on any atom is 0.123 e.